The van der Waals surface area contributed by atoms with Crippen LogP contribution in [-0.2, 0) is 11.2 Å². The number of benzene rings is 2. The van der Waals surface area contributed by atoms with Crippen LogP contribution in [0.25, 0.3) is 0 Å². The van der Waals surface area contributed by atoms with E-state index in [1.165, 1.54) is 0 Å². The van der Waals surface area contributed by atoms with E-state index in [4.69, 9.17) is 4.74 Å². The van der Waals surface area contributed by atoms with Gasteiger partial charge in [0.05, 0.1) is 11.4 Å². The summed E-state index contributed by atoms with van der Waals surface area (Å²) in [6, 6.07) is 15.9. The Kier molecular flexibility index (Phi) is 4.80. The van der Waals surface area contributed by atoms with Crippen molar-refractivity contribution in [2.75, 3.05) is 42.9 Å². The molecule has 1 amide bonds. The third kappa shape index (κ3) is 3.40. The average Bonchev–Trinajstić information content (AvgIpc) is 3.13. The summed E-state index contributed by atoms with van der Waals surface area (Å²) in [5.41, 5.74) is 3.05. The zero-order valence-corrected chi connectivity index (χ0v) is 15.1. The number of nitrogens with zero attached hydrogens (tertiary/aromatic N) is 2. The first-order chi connectivity index (χ1) is 12.7. The van der Waals surface area contributed by atoms with Gasteiger partial charge in [-0.15, -0.1) is 0 Å². The summed E-state index contributed by atoms with van der Waals surface area (Å²) in [6.45, 7) is 7.35. The van der Waals surface area contributed by atoms with Crippen LogP contribution in [0.1, 0.15) is 12.5 Å². The Morgan fingerprint density at radius 1 is 1.08 bits per heavy atom. The molecule has 2 aliphatic heterocycles. The summed E-state index contributed by atoms with van der Waals surface area (Å²) in [5, 5.41) is 3.09. The number of para-hydroxylation sites is 3. The monoisotopic (exact) mass is 351 g/mol. The Labute approximate surface area is 154 Å². The van der Waals surface area contributed by atoms with Crippen molar-refractivity contribution in [1.29, 1.82) is 0 Å². The number of ether oxygens (including phenoxy) is 1. The van der Waals surface area contributed by atoms with Gasteiger partial charge in [0.15, 0.2) is 6.10 Å². The molecule has 1 unspecified atom stereocenters. The van der Waals surface area contributed by atoms with Crippen molar-refractivity contribution in [2.24, 2.45) is 0 Å². The average molecular weight is 351 g/mol. The van der Waals surface area contributed by atoms with Crippen molar-refractivity contribution < 1.29 is 9.53 Å². The number of likely N-dealkylation sites (N-methyl/N-ethyl adjacent to an activating group) is 1. The number of carbonyl (C=O) groups is 1. The molecular weight excluding hydrogens is 326 g/mol. The van der Waals surface area contributed by atoms with Gasteiger partial charge in [-0.1, -0.05) is 37.3 Å². The van der Waals surface area contributed by atoms with Gasteiger partial charge in [0.2, 0.25) is 0 Å². The molecule has 2 aliphatic rings. The summed E-state index contributed by atoms with van der Waals surface area (Å²) in [6.07, 6.45) is 0.164. The maximum absolute atomic E-state index is 12.8. The van der Waals surface area contributed by atoms with Crippen LogP contribution in [0.5, 0.6) is 5.75 Å². The molecule has 5 nitrogen and oxygen atoms in total. The quantitative estimate of drug-likeness (QED) is 0.920. The molecule has 5 heteroatoms. The Morgan fingerprint density at radius 2 is 1.81 bits per heavy atom. The third-order valence-corrected chi connectivity index (χ3v) is 5.26. The molecule has 2 aromatic rings. The van der Waals surface area contributed by atoms with Crippen molar-refractivity contribution in [3.8, 4) is 5.75 Å². The zero-order chi connectivity index (χ0) is 17.9. The minimum Gasteiger partial charge on any atom is -0.480 e. The fourth-order valence-electron chi connectivity index (χ4n) is 3.70. The fraction of sp³-hybridized carbons (Fsp3) is 0.381. The van der Waals surface area contributed by atoms with Crippen molar-refractivity contribution >= 4 is 17.3 Å². The van der Waals surface area contributed by atoms with E-state index < -0.39 is 6.10 Å². The van der Waals surface area contributed by atoms with E-state index in [0.717, 1.165) is 55.4 Å². The van der Waals surface area contributed by atoms with Crippen LogP contribution >= 0.6 is 0 Å². The van der Waals surface area contributed by atoms with Gasteiger partial charge < -0.3 is 19.9 Å². The highest BCUT2D eigenvalue weighted by atomic mass is 16.5. The van der Waals surface area contributed by atoms with Crippen molar-refractivity contribution in [2.45, 2.75) is 19.4 Å². The molecule has 1 fully saturated rings. The van der Waals surface area contributed by atoms with Gasteiger partial charge in [0.25, 0.3) is 5.91 Å². The van der Waals surface area contributed by atoms with E-state index in [0.29, 0.717) is 6.42 Å². The molecule has 0 saturated carbocycles. The van der Waals surface area contributed by atoms with E-state index in [-0.39, 0.29) is 5.91 Å². The standard InChI is InChI=1S/C21H25N3O2/c1-2-23-11-13-24(14-12-23)18-9-5-4-8-17(18)22-21(25)20-15-16-7-3-6-10-19(16)26-20/h3-10,20H,2,11-15H2,1H3,(H,22,25). The summed E-state index contributed by atoms with van der Waals surface area (Å²) in [7, 11) is 0. The third-order valence-electron chi connectivity index (χ3n) is 5.26. The van der Waals surface area contributed by atoms with Crippen LogP contribution in [0.2, 0.25) is 0 Å². The van der Waals surface area contributed by atoms with Gasteiger partial charge in [0, 0.05) is 32.6 Å². The molecule has 0 spiro atoms. The fourth-order valence-corrected chi connectivity index (χ4v) is 3.70. The summed E-state index contributed by atoms with van der Waals surface area (Å²) in [4.78, 5) is 17.6. The summed E-state index contributed by atoms with van der Waals surface area (Å²) in [5.74, 6) is 0.734. The molecule has 26 heavy (non-hydrogen) atoms. The first kappa shape index (κ1) is 16.9. The van der Waals surface area contributed by atoms with Crippen molar-refractivity contribution in [3.63, 3.8) is 0 Å². The van der Waals surface area contributed by atoms with E-state index in [1.54, 1.807) is 0 Å². The second kappa shape index (κ2) is 7.38. The molecule has 4 rings (SSSR count). The molecule has 0 radical (unpaired) electrons. The Bertz CT molecular complexity index is 759. The lowest BCUT2D eigenvalue weighted by molar-refractivity contribution is -0.122. The highest BCUT2D eigenvalue weighted by Gasteiger charge is 2.29. The molecule has 1 saturated heterocycles. The number of anilines is 2. The number of nitrogens with one attached hydrogen (secondary N) is 1. The SMILES string of the molecule is CCN1CCN(c2ccccc2NC(=O)C2Cc3ccccc3O2)CC1. The predicted molar refractivity (Wildman–Crippen MR) is 104 cm³/mol. The van der Waals surface area contributed by atoms with Gasteiger partial charge >= 0.3 is 0 Å². The van der Waals surface area contributed by atoms with Crippen LogP contribution in [0.4, 0.5) is 11.4 Å². The smallest absolute Gasteiger partial charge is 0.265 e. The van der Waals surface area contributed by atoms with Crippen LogP contribution in [0.15, 0.2) is 48.5 Å². The van der Waals surface area contributed by atoms with Crippen LogP contribution < -0.4 is 15.0 Å². The van der Waals surface area contributed by atoms with Crippen LogP contribution in [-0.4, -0.2) is 49.6 Å². The Hall–Kier alpha value is -2.53. The second-order valence-electron chi connectivity index (χ2n) is 6.85. The van der Waals surface area contributed by atoms with E-state index in [1.807, 2.05) is 42.5 Å². The second-order valence-corrected chi connectivity index (χ2v) is 6.85. The number of carbonyl (C=O) groups excluding carboxylic acids is 1. The lowest BCUT2D eigenvalue weighted by atomic mass is 10.1. The first-order valence-electron chi connectivity index (χ1n) is 9.36. The van der Waals surface area contributed by atoms with Gasteiger partial charge in [-0.25, -0.2) is 0 Å². The molecule has 1 atom stereocenters. The van der Waals surface area contributed by atoms with E-state index >= 15 is 0 Å². The molecule has 0 aromatic heterocycles. The largest absolute Gasteiger partial charge is 0.480 e. The predicted octanol–water partition coefficient (Wildman–Crippen LogP) is 2.77. The van der Waals surface area contributed by atoms with E-state index in [9.17, 15) is 4.79 Å². The minimum absolute atomic E-state index is 0.0826. The zero-order valence-electron chi connectivity index (χ0n) is 15.1. The number of rotatable bonds is 4. The van der Waals surface area contributed by atoms with Gasteiger partial charge in [-0.2, -0.15) is 0 Å². The Balaban J connectivity index is 1.45. The Morgan fingerprint density at radius 3 is 2.58 bits per heavy atom. The van der Waals surface area contributed by atoms with Gasteiger partial charge in [-0.3, -0.25) is 4.79 Å². The molecule has 2 heterocycles. The number of amides is 1. The van der Waals surface area contributed by atoms with E-state index in [2.05, 4.69) is 28.1 Å². The number of piperazine rings is 1. The molecule has 2 aromatic carbocycles. The normalized spacial score (nSPS) is 19.7. The molecule has 0 bridgehead atoms. The maximum Gasteiger partial charge on any atom is 0.265 e. The highest BCUT2D eigenvalue weighted by molar-refractivity contribution is 5.98. The van der Waals surface area contributed by atoms with Gasteiger partial charge in [-0.05, 0) is 30.3 Å². The topological polar surface area (TPSA) is 44.8 Å². The lowest BCUT2D eigenvalue weighted by Crippen LogP contribution is -2.46. The molecule has 136 valence electrons. The van der Waals surface area contributed by atoms with Crippen LogP contribution in [0.3, 0.4) is 0 Å². The molecular formula is C21H25N3O2. The number of hydrogen-bond acceptors (Lipinski definition) is 4. The summed E-state index contributed by atoms with van der Waals surface area (Å²) >= 11 is 0. The molecule has 1 N–H and O–H groups in total. The highest BCUT2D eigenvalue weighted by Crippen LogP contribution is 2.30. The lowest BCUT2D eigenvalue weighted by Gasteiger charge is -2.36. The number of hydrogen-bond donors (Lipinski definition) is 1. The van der Waals surface area contributed by atoms with Crippen molar-refractivity contribution in [3.05, 3.63) is 54.1 Å². The first-order valence-corrected chi connectivity index (χ1v) is 9.36. The number of fused-ring (bicyclic) bond motifs is 1. The maximum atomic E-state index is 12.8. The molecule has 0 aliphatic carbocycles. The van der Waals surface area contributed by atoms with Gasteiger partial charge in [0.1, 0.15) is 5.75 Å². The van der Waals surface area contributed by atoms with Crippen molar-refractivity contribution in [1.82, 2.24) is 4.90 Å². The summed E-state index contributed by atoms with van der Waals surface area (Å²) < 4.78 is 5.82. The minimum atomic E-state index is -0.461. The van der Waals surface area contributed by atoms with Crippen LogP contribution in [0, 0.1) is 0 Å².